The van der Waals surface area contributed by atoms with Crippen LogP contribution < -0.4 is 15.5 Å². The van der Waals surface area contributed by atoms with Crippen LogP contribution in [-0.4, -0.2) is 30.0 Å². The van der Waals surface area contributed by atoms with Crippen LogP contribution in [0.5, 0.6) is 5.75 Å². The molecule has 1 fully saturated rings. The highest BCUT2D eigenvalue weighted by atomic mass is 35.5. The maximum Gasteiger partial charge on any atom is 0.259 e. The summed E-state index contributed by atoms with van der Waals surface area (Å²) in [5.74, 6) is -0.816. The maximum atomic E-state index is 12.6. The lowest BCUT2D eigenvalue weighted by Gasteiger charge is -2.19. The largest absolute Gasteiger partial charge is 0.507 e. The van der Waals surface area contributed by atoms with Crippen molar-refractivity contribution in [3.63, 3.8) is 0 Å². The minimum Gasteiger partial charge on any atom is -0.507 e. The fraction of sp³-hybridized carbons (Fsp3) is 0.300. The summed E-state index contributed by atoms with van der Waals surface area (Å²) in [7, 11) is 0. The van der Waals surface area contributed by atoms with Gasteiger partial charge in [-0.1, -0.05) is 18.5 Å². The molecule has 0 spiro atoms. The summed E-state index contributed by atoms with van der Waals surface area (Å²) < 4.78 is 0. The fourth-order valence-corrected chi connectivity index (χ4v) is 3.34. The Kier molecular flexibility index (Phi) is 5.86. The molecule has 2 aromatic carbocycles. The van der Waals surface area contributed by atoms with Crippen molar-refractivity contribution < 1.29 is 14.7 Å². The Labute approximate surface area is 163 Å². The van der Waals surface area contributed by atoms with Gasteiger partial charge in [0, 0.05) is 30.9 Å². The molecule has 0 saturated carbocycles. The Hall–Kier alpha value is -2.73. The lowest BCUT2D eigenvalue weighted by atomic mass is 10.1. The van der Waals surface area contributed by atoms with Crippen molar-refractivity contribution in [2.24, 2.45) is 0 Å². The number of aromatic hydroxyl groups is 1. The molecule has 0 radical (unpaired) electrons. The van der Waals surface area contributed by atoms with Crippen molar-refractivity contribution >= 4 is 40.5 Å². The molecule has 0 bridgehead atoms. The van der Waals surface area contributed by atoms with Gasteiger partial charge in [-0.2, -0.15) is 0 Å². The van der Waals surface area contributed by atoms with Crippen LogP contribution in [0.25, 0.3) is 0 Å². The molecule has 1 saturated heterocycles. The van der Waals surface area contributed by atoms with Gasteiger partial charge in [-0.05, 0) is 49.2 Å². The number of anilines is 3. The number of carbonyl (C=O) groups is 2. The molecular formula is C20H22ClN3O3. The number of nitrogens with zero attached hydrogens (tertiary/aromatic N) is 1. The molecule has 0 atom stereocenters. The van der Waals surface area contributed by atoms with Crippen LogP contribution in [-0.2, 0) is 4.79 Å². The molecule has 1 aliphatic heterocycles. The van der Waals surface area contributed by atoms with Crippen molar-refractivity contribution in [1.29, 1.82) is 0 Å². The molecule has 0 aromatic heterocycles. The Morgan fingerprint density at radius 2 is 1.74 bits per heavy atom. The van der Waals surface area contributed by atoms with Gasteiger partial charge in [-0.15, -0.1) is 0 Å². The SMILES string of the molecule is CCC(=O)Nc1ccc(O)c(C(=O)Nc2ccc(N3CCCC3)c(Cl)c2)c1. The zero-order valence-electron chi connectivity index (χ0n) is 15.1. The van der Waals surface area contributed by atoms with Crippen LogP contribution in [0.4, 0.5) is 17.1 Å². The molecule has 1 aliphatic rings. The van der Waals surface area contributed by atoms with E-state index in [4.69, 9.17) is 11.6 Å². The fourth-order valence-electron chi connectivity index (χ4n) is 3.04. The summed E-state index contributed by atoms with van der Waals surface area (Å²) in [5, 5.41) is 16.0. The number of amides is 2. The summed E-state index contributed by atoms with van der Waals surface area (Å²) in [5.41, 5.74) is 2.02. The summed E-state index contributed by atoms with van der Waals surface area (Å²) in [6.07, 6.45) is 2.63. The molecule has 3 N–H and O–H groups in total. The second-order valence-corrected chi connectivity index (χ2v) is 6.86. The number of hydrogen-bond acceptors (Lipinski definition) is 4. The first-order valence-corrected chi connectivity index (χ1v) is 9.34. The number of rotatable bonds is 5. The Bertz CT molecular complexity index is 864. The van der Waals surface area contributed by atoms with Crippen LogP contribution in [0.1, 0.15) is 36.5 Å². The second kappa shape index (κ2) is 8.31. The maximum absolute atomic E-state index is 12.6. The predicted octanol–water partition coefficient (Wildman–Crippen LogP) is 4.25. The van der Waals surface area contributed by atoms with Gasteiger partial charge in [0.05, 0.1) is 16.3 Å². The number of nitrogens with one attached hydrogen (secondary N) is 2. The Morgan fingerprint density at radius 3 is 2.41 bits per heavy atom. The van der Waals surface area contributed by atoms with Gasteiger partial charge >= 0.3 is 0 Å². The van der Waals surface area contributed by atoms with Gasteiger partial charge < -0.3 is 20.6 Å². The third kappa shape index (κ3) is 4.52. The molecule has 142 valence electrons. The molecule has 7 heteroatoms. The van der Waals surface area contributed by atoms with Crippen molar-refractivity contribution in [3.05, 3.63) is 47.0 Å². The van der Waals surface area contributed by atoms with E-state index in [1.807, 2.05) is 6.07 Å². The highest BCUT2D eigenvalue weighted by molar-refractivity contribution is 6.33. The van der Waals surface area contributed by atoms with E-state index in [0.29, 0.717) is 22.8 Å². The standard InChI is InChI=1S/C20H22ClN3O3/c1-2-19(26)22-13-6-8-18(25)15(11-13)20(27)23-14-5-7-17(16(21)12-14)24-9-3-4-10-24/h5-8,11-12,25H,2-4,9-10H2,1H3,(H,22,26)(H,23,27). The molecule has 0 unspecified atom stereocenters. The van der Waals surface area contributed by atoms with E-state index < -0.39 is 5.91 Å². The third-order valence-corrected chi connectivity index (χ3v) is 4.80. The monoisotopic (exact) mass is 387 g/mol. The molecule has 2 aromatic rings. The summed E-state index contributed by atoms with van der Waals surface area (Å²) in [4.78, 5) is 26.3. The number of phenols is 1. The summed E-state index contributed by atoms with van der Waals surface area (Å²) in [6.45, 7) is 3.70. The zero-order chi connectivity index (χ0) is 19.4. The van der Waals surface area contributed by atoms with E-state index in [9.17, 15) is 14.7 Å². The van der Waals surface area contributed by atoms with E-state index in [1.54, 1.807) is 25.1 Å². The lowest BCUT2D eigenvalue weighted by molar-refractivity contribution is -0.115. The van der Waals surface area contributed by atoms with Gasteiger partial charge in [0.25, 0.3) is 5.91 Å². The minimum atomic E-state index is -0.481. The molecule has 2 amide bonds. The average Bonchev–Trinajstić information content (AvgIpc) is 3.17. The van der Waals surface area contributed by atoms with Crippen LogP contribution in [0.15, 0.2) is 36.4 Å². The van der Waals surface area contributed by atoms with Gasteiger partial charge in [0.1, 0.15) is 5.75 Å². The topological polar surface area (TPSA) is 81.7 Å². The number of carbonyl (C=O) groups excluding carboxylic acids is 2. The molecule has 1 heterocycles. The molecule has 6 nitrogen and oxygen atoms in total. The number of phenolic OH excluding ortho intramolecular Hbond substituents is 1. The molecule has 0 aliphatic carbocycles. The van der Waals surface area contributed by atoms with Gasteiger partial charge in [0.2, 0.25) is 5.91 Å². The first-order valence-electron chi connectivity index (χ1n) is 8.96. The normalized spacial score (nSPS) is 13.5. The lowest BCUT2D eigenvalue weighted by Crippen LogP contribution is -2.18. The zero-order valence-corrected chi connectivity index (χ0v) is 15.8. The summed E-state index contributed by atoms with van der Waals surface area (Å²) >= 11 is 6.38. The van der Waals surface area contributed by atoms with Gasteiger partial charge in [-0.25, -0.2) is 0 Å². The van der Waals surface area contributed by atoms with E-state index in [0.717, 1.165) is 31.6 Å². The average molecular weight is 388 g/mol. The van der Waals surface area contributed by atoms with Crippen LogP contribution in [0.3, 0.4) is 0 Å². The van der Waals surface area contributed by atoms with E-state index >= 15 is 0 Å². The Morgan fingerprint density at radius 1 is 1.07 bits per heavy atom. The van der Waals surface area contributed by atoms with Crippen molar-refractivity contribution in [1.82, 2.24) is 0 Å². The predicted molar refractivity (Wildman–Crippen MR) is 108 cm³/mol. The number of benzene rings is 2. The van der Waals surface area contributed by atoms with Crippen molar-refractivity contribution in [2.45, 2.75) is 26.2 Å². The van der Waals surface area contributed by atoms with E-state index in [2.05, 4.69) is 15.5 Å². The third-order valence-electron chi connectivity index (χ3n) is 4.50. The van der Waals surface area contributed by atoms with Gasteiger partial charge in [-0.3, -0.25) is 9.59 Å². The van der Waals surface area contributed by atoms with Crippen LogP contribution in [0, 0.1) is 0 Å². The van der Waals surface area contributed by atoms with Gasteiger partial charge in [0.15, 0.2) is 0 Å². The molecule has 27 heavy (non-hydrogen) atoms. The quantitative estimate of drug-likeness (QED) is 0.670. The van der Waals surface area contributed by atoms with Crippen molar-refractivity contribution in [3.8, 4) is 5.75 Å². The Balaban J connectivity index is 1.76. The first kappa shape index (κ1) is 19.0. The molecular weight excluding hydrogens is 366 g/mol. The van der Waals surface area contributed by atoms with Crippen LogP contribution in [0.2, 0.25) is 5.02 Å². The molecule has 3 rings (SSSR count). The number of hydrogen-bond donors (Lipinski definition) is 3. The summed E-state index contributed by atoms with van der Waals surface area (Å²) in [6, 6.07) is 9.74. The smallest absolute Gasteiger partial charge is 0.259 e. The van der Waals surface area contributed by atoms with Crippen LogP contribution >= 0.6 is 11.6 Å². The highest BCUT2D eigenvalue weighted by Gasteiger charge is 2.17. The minimum absolute atomic E-state index is 0.0728. The van der Waals surface area contributed by atoms with E-state index in [1.165, 1.54) is 12.1 Å². The second-order valence-electron chi connectivity index (χ2n) is 6.45. The first-order chi connectivity index (χ1) is 13.0. The van der Waals surface area contributed by atoms with Crippen molar-refractivity contribution in [2.75, 3.05) is 28.6 Å². The number of halogens is 1. The highest BCUT2D eigenvalue weighted by Crippen LogP contribution is 2.31. The van der Waals surface area contributed by atoms with E-state index in [-0.39, 0.29) is 17.2 Å².